The first-order chi connectivity index (χ1) is 8.15. The first-order valence-corrected chi connectivity index (χ1v) is 6.85. The molecule has 0 unspecified atom stereocenters. The van der Waals surface area contributed by atoms with Crippen LogP contribution in [0.3, 0.4) is 0 Å². The van der Waals surface area contributed by atoms with E-state index in [2.05, 4.69) is 10.3 Å². The molecule has 0 aromatic carbocycles. The zero-order chi connectivity index (χ0) is 12.3. The lowest BCUT2D eigenvalue weighted by atomic mass is 9.87. The number of aliphatic hydroxyl groups excluding tert-OH is 1. The Morgan fingerprint density at radius 1 is 1.53 bits per heavy atom. The van der Waals surface area contributed by atoms with Crippen LogP contribution in [-0.2, 0) is 0 Å². The van der Waals surface area contributed by atoms with Crippen molar-refractivity contribution in [2.45, 2.75) is 38.7 Å². The molecule has 4 nitrogen and oxygen atoms in total. The van der Waals surface area contributed by atoms with E-state index < -0.39 is 0 Å². The molecule has 1 aliphatic rings. The highest BCUT2D eigenvalue weighted by Crippen LogP contribution is 2.23. The monoisotopic (exact) mass is 254 g/mol. The van der Waals surface area contributed by atoms with Gasteiger partial charge >= 0.3 is 0 Å². The number of amides is 1. The first-order valence-electron chi connectivity index (χ1n) is 6.04. The molecule has 0 aliphatic heterocycles. The summed E-state index contributed by atoms with van der Waals surface area (Å²) in [4.78, 5) is 16.5. The second-order valence-corrected chi connectivity index (χ2v) is 5.86. The predicted molar refractivity (Wildman–Crippen MR) is 67.1 cm³/mol. The van der Waals surface area contributed by atoms with Gasteiger partial charge in [-0.2, -0.15) is 0 Å². The van der Waals surface area contributed by atoms with Crippen molar-refractivity contribution in [1.29, 1.82) is 0 Å². The quantitative estimate of drug-likeness (QED) is 0.863. The Morgan fingerprint density at radius 2 is 2.24 bits per heavy atom. The molecular weight excluding hydrogens is 236 g/mol. The van der Waals surface area contributed by atoms with Crippen LogP contribution in [0, 0.1) is 12.8 Å². The Morgan fingerprint density at radius 3 is 2.82 bits per heavy atom. The maximum Gasteiger partial charge on any atom is 0.263 e. The Bertz CT molecular complexity index is 384. The predicted octanol–water partition coefficient (Wildman–Crippen LogP) is 1.73. The molecule has 0 atom stereocenters. The lowest BCUT2D eigenvalue weighted by Crippen LogP contribution is -2.31. The highest BCUT2D eigenvalue weighted by molar-refractivity contribution is 7.13. The molecule has 17 heavy (non-hydrogen) atoms. The Balaban J connectivity index is 1.76. The van der Waals surface area contributed by atoms with Gasteiger partial charge in [0, 0.05) is 6.54 Å². The summed E-state index contributed by atoms with van der Waals surface area (Å²) in [5, 5.41) is 13.3. The first kappa shape index (κ1) is 12.5. The van der Waals surface area contributed by atoms with E-state index in [-0.39, 0.29) is 12.0 Å². The average molecular weight is 254 g/mol. The third-order valence-corrected chi connectivity index (χ3v) is 4.12. The molecule has 1 aromatic rings. The van der Waals surface area contributed by atoms with Gasteiger partial charge in [0.1, 0.15) is 4.88 Å². The SMILES string of the molecule is Cc1ncc(C(=O)NCC2CCC(O)CC2)s1. The Kier molecular flexibility index (Phi) is 4.12. The minimum absolute atomic E-state index is 0.0262. The zero-order valence-corrected chi connectivity index (χ0v) is 10.8. The number of carbonyl (C=O) groups excluding carboxylic acids is 1. The molecule has 1 fully saturated rings. The van der Waals surface area contributed by atoms with Gasteiger partial charge in [-0.25, -0.2) is 4.98 Å². The van der Waals surface area contributed by atoms with E-state index in [0.29, 0.717) is 17.3 Å². The standard InChI is InChI=1S/C12H18N2O2S/c1-8-13-7-11(17-8)12(16)14-6-9-2-4-10(15)5-3-9/h7,9-10,15H,2-6H2,1H3,(H,14,16). The summed E-state index contributed by atoms with van der Waals surface area (Å²) in [6, 6.07) is 0. The molecule has 2 rings (SSSR count). The molecule has 1 amide bonds. The molecule has 1 aliphatic carbocycles. The zero-order valence-electron chi connectivity index (χ0n) is 9.98. The maximum atomic E-state index is 11.8. The number of aryl methyl sites for hydroxylation is 1. The lowest BCUT2D eigenvalue weighted by Gasteiger charge is -2.25. The van der Waals surface area contributed by atoms with E-state index in [1.54, 1.807) is 6.20 Å². The topological polar surface area (TPSA) is 62.2 Å². The van der Waals surface area contributed by atoms with Crippen LogP contribution in [0.4, 0.5) is 0 Å². The van der Waals surface area contributed by atoms with Crippen LogP contribution in [0.15, 0.2) is 6.20 Å². The van der Waals surface area contributed by atoms with Crippen molar-refractivity contribution in [2.75, 3.05) is 6.54 Å². The van der Waals surface area contributed by atoms with Gasteiger partial charge in [0.05, 0.1) is 17.3 Å². The van der Waals surface area contributed by atoms with Crippen LogP contribution < -0.4 is 5.32 Å². The van der Waals surface area contributed by atoms with Crippen LogP contribution in [0.1, 0.15) is 40.4 Å². The van der Waals surface area contributed by atoms with E-state index in [1.165, 1.54) is 11.3 Å². The number of nitrogens with one attached hydrogen (secondary N) is 1. The number of aromatic nitrogens is 1. The van der Waals surface area contributed by atoms with Crippen LogP contribution in [0.25, 0.3) is 0 Å². The largest absolute Gasteiger partial charge is 0.393 e. The van der Waals surface area contributed by atoms with Gasteiger partial charge in [0.25, 0.3) is 5.91 Å². The third kappa shape index (κ3) is 3.51. The molecule has 1 saturated carbocycles. The smallest absolute Gasteiger partial charge is 0.263 e. The molecule has 1 aromatic heterocycles. The lowest BCUT2D eigenvalue weighted by molar-refractivity contribution is 0.0913. The van der Waals surface area contributed by atoms with Gasteiger partial charge in [0.2, 0.25) is 0 Å². The Labute approximate surface area is 105 Å². The molecular formula is C12H18N2O2S. The van der Waals surface area contributed by atoms with Crippen LogP contribution in [-0.4, -0.2) is 28.6 Å². The summed E-state index contributed by atoms with van der Waals surface area (Å²) in [5.41, 5.74) is 0. The molecule has 1 heterocycles. The van der Waals surface area contributed by atoms with E-state index in [9.17, 15) is 9.90 Å². The maximum absolute atomic E-state index is 11.8. The third-order valence-electron chi connectivity index (χ3n) is 3.21. The van der Waals surface area contributed by atoms with Gasteiger partial charge in [-0.05, 0) is 38.5 Å². The van der Waals surface area contributed by atoms with Gasteiger partial charge in [-0.3, -0.25) is 4.79 Å². The summed E-state index contributed by atoms with van der Waals surface area (Å²) >= 11 is 1.42. The van der Waals surface area contributed by atoms with Crippen molar-refractivity contribution in [1.82, 2.24) is 10.3 Å². The molecule has 0 radical (unpaired) electrons. The number of aliphatic hydroxyl groups is 1. The fourth-order valence-electron chi connectivity index (χ4n) is 2.14. The molecule has 0 bridgehead atoms. The second kappa shape index (κ2) is 5.60. The second-order valence-electron chi connectivity index (χ2n) is 4.63. The van der Waals surface area contributed by atoms with Crippen molar-refractivity contribution in [3.8, 4) is 0 Å². The molecule has 0 spiro atoms. The van der Waals surface area contributed by atoms with Crippen molar-refractivity contribution in [3.63, 3.8) is 0 Å². The fraction of sp³-hybridized carbons (Fsp3) is 0.667. The van der Waals surface area contributed by atoms with Crippen LogP contribution in [0.5, 0.6) is 0 Å². The summed E-state index contributed by atoms with van der Waals surface area (Å²) < 4.78 is 0. The van der Waals surface area contributed by atoms with E-state index in [4.69, 9.17) is 0 Å². The Hall–Kier alpha value is -0.940. The van der Waals surface area contributed by atoms with E-state index in [1.807, 2.05) is 6.92 Å². The number of hydrogen-bond acceptors (Lipinski definition) is 4. The summed E-state index contributed by atoms with van der Waals surface area (Å²) in [5.74, 6) is 0.484. The molecule has 2 N–H and O–H groups in total. The van der Waals surface area contributed by atoms with E-state index in [0.717, 1.165) is 30.7 Å². The van der Waals surface area contributed by atoms with Gasteiger partial charge in [-0.15, -0.1) is 11.3 Å². The number of nitrogens with zero attached hydrogens (tertiary/aromatic N) is 1. The van der Waals surface area contributed by atoms with Crippen molar-refractivity contribution >= 4 is 17.2 Å². The summed E-state index contributed by atoms with van der Waals surface area (Å²) in [6.45, 7) is 2.60. The van der Waals surface area contributed by atoms with Gasteiger partial charge < -0.3 is 10.4 Å². The van der Waals surface area contributed by atoms with Crippen molar-refractivity contribution in [2.24, 2.45) is 5.92 Å². The summed E-state index contributed by atoms with van der Waals surface area (Å²) in [6.07, 6.45) is 5.22. The average Bonchev–Trinajstić information content (AvgIpc) is 2.75. The highest BCUT2D eigenvalue weighted by Gasteiger charge is 2.20. The number of hydrogen-bond donors (Lipinski definition) is 2. The van der Waals surface area contributed by atoms with Crippen LogP contribution >= 0.6 is 11.3 Å². The van der Waals surface area contributed by atoms with Gasteiger partial charge in [-0.1, -0.05) is 0 Å². The number of thiazole rings is 1. The van der Waals surface area contributed by atoms with Crippen molar-refractivity contribution < 1.29 is 9.90 Å². The normalized spacial score (nSPS) is 24.6. The molecule has 0 saturated heterocycles. The number of carbonyl (C=O) groups is 1. The minimum atomic E-state index is -0.133. The molecule has 5 heteroatoms. The van der Waals surface area contributed by atoms with Crippen LogP contribution in [0.2, 0.25) is 0 Å². The minimum Gasteiger partial charge on any atom is -0.393 e. The van der Waals surface area contributed by atoms with Crippen molar-refractivity contribution in [3.05, 3.63) is 16.1 Å². The highest BCUT2D eigenvalue weighted by atomic mass is 32.1. The van der Waals surface area contributed by atoms with Gasteiger partial charge in [0.15, 0.2) is 0 Å². The molecule has 94 valence electrons. The summed E-state index contributed by atoms with van der Waals surface area (Å²) in [7, 11) is 0. The van der Waals surface area contributed by atoms with E-state index >= 15 is 0 Å². The fourth-order valence-corrected chi connectivity index (χ4v) is 2.83. The number of rotatable bonds is 3.